The van der Waals surface area contributed by atoms with E-state index >= 15 is 0 Å². The number of nitrogens with zero attached hydrogens (tertiary/aromatic N) is 1. The summed E-state index contributed by atoms with van der Waals surface area (Å²) < 4.78 is 0. The van der Waals surface area contributed by atoms with E-state index in [9.17, 15) is 0 Å². The molecule has 0 aliphatic carbocycles. The summed E-state index contributed by atoms with van der Waals surface area (Å²) in [5.74, 6) is 0. The highest BCUT2D eigenvalue weighted by Gasteiger charge is 2.20. The van der Waals surface area contributed by atoms with E-state index in [4.69, 9.17) is 0 Å². The normalized spacial score (nSPS) is 11.4. The van der Waals surface area contributed by atoms with Crippen LogP contribution in [0.15, 0.2) is 188 Å². The second kappa shape index (κ2) is 11.3. The van der Waals surface area contributed by atoms with Crippen molar-refractivity contribution in [2.45, 2.75) is 0 Å². The molecule has 9 rings (SSSR count). The van der Waals surface area contributed by atoms with Crippen LogP contribution in [0.1, 0.15) is 0 Å². The Bertz CT molecular complexity index is 2600. The van der Waals surface area contributed by atoms with Crippen LogP contribution in [0.3, 0.4) is 0 Å². The predicted molar refractivity (Wildman–Crippen MR) is 202 cm³/mol. The number of para-hydroxylation sites is 1. The lowest BCUT2D eigenvalue weighted by atomic mass is 9.92. The van der Waals surface area contributed by atoms with Crippen molar-refractivity contribution < 1.29 is 0 Å². The molecule has 1 nitrogen and oxygen atoms in total. The zero-order chi connectivity index (χ0) is 31.2. The Labute approximate surface area is 274 Å². The number of hydrogen-bond acceptors (Lipinski definition) is 1. The van der Waals surface area contributed by atoms with Crippen LogP contribution < -0.4 is 4.90 Å². The van der Waals surface area contributed by atoms with Crippen LogP contribution in [0.25, 0.3) is 65.3 Å². The first-order chi connectivity index (χ1) is 23.3. The van der Waals surface area contributed by atoms with Gasteiger partial charge >= 0.3 is 0 Å². The lowest BCUT2D eigenvalue weighted by Crippen LogP contribution is -2.11. The molecule has 0 N–H and O–H groups in total. The van der Waals surface area contributed by atoms with Crippen LogP contribution in [-0.4, -0.2) is 0 Å². The zero-order valence-electron chi connectivity index (χ0n) is 25.8. The molecule has 220 valence electrons. The van der Waals surface area contributed by atoms with Gasteiger partial charge in [0.1, 0.15) is 0 Å². The Balaban J connectivity index is 1.29. The Kier molecular flexibility index (Phi) is 6.54. The van der Waals surface area contributed by atoms with Gasteiger partial charge in [-0.1, -0.05) is 146 Å². The van der Waals surface area contributed by atoms with Crippen LogP contribution >= 0.6 is 0 Å². The maximum atomic E-state index is 2.43. The number of hydrogen-bond donors (Lipinski definition) is 0. The van der Waals surface area contributed by atoms with Gasteiger partial charge in [-0.15, -0.1) is 0 Å². The molecule has 0 aliphatic rings. The van der Waals surface area contributed by atoms with Crippen molar-refractivity contribution >= 4 is 60.2 Å². The van der Waals surface area contributed by atoms with Gasteiger partial charge in [-0.2, -0.15) is 0 Å². The molecular formula is C46H31N. The summed E-state index contributed by atoms with van der Waals surface area (Å²) in [6.07, 6.45) is 0. The summed E-state index contributed by atoms with van der Waals surface area (Å²) in [6.45, 7) is 0. The Morgan fingerprint density at radius 1 is 0.277 bits per heavy atom. The molecule has 0 unspecified atom stereocenters. The number of fused-ring (bicyclic) bond motifs is 5. The maximum absolute atomic E-state index is 2.43. The fourth-order valence-electron chi connectivity index (χ4n) is 7.11. The molecular weight excluding hydrogens is 567 g/mol. The third kappa shape index (κ3) is 4.81. The van der Waals surface area contributed by atoms with Gasteiger partial charge in [0, 0.05) is 16.9 Å². The minimum Gasteiger partial charge on any atom is -0.310 e. The van der Waals surface area contributed by atoms with Gasteiger partial charge in [-0.05, 0) is 102 Å². The summed E-state index contributed by atoms with van der Waals surface area (Å²) in [5.41, 5.74) is 8.19. The molecule has 9 aromatic rings. The molecule has 47 heavy (non-hydrogen) atoms. The molecule has 0 saturated carbocycles. The lowest BCUT2D eigenvalue weighted by Gasteiger charge is -2.29. The molecule has 0 spiro atoms. The van der Waals surface area contributed by atoms with Gasteiger partial charge in [0.15, 0.2) is 0 Å². The first kappa shape index (κ1) is 27.2. The van der Waals surface area contributed by atoms with Crippen molar-refractivity contribution in [1.29, 1.82) is 0 Å². The number of anilines is 3. The zero-order valence-corrected chi connectivity index (χ0v) is 25.8. The molecule has 0 atom stereocenters. The monoisotopic (exact) mass is 597 g/mol. The van der Waals surface area contributed by atoms with E-state index in [0.29, 0.717) is 0 Å². The van der Waals surface area contributed by atoms with E-state index in [-0.39, 0.29) is 0 Å². The van der Waals surface area contributed by atoms with Crippen LogP contribution in [0.2, 0.25) is 0 Å². The first-order valence-corrected chi connectivity index (χ1v) is 16.2. The molecule has 0 radical (unpaired) electrons. The SMILES string of the molecule is c1cc(-c2ccc3ccccc3c2)cc(N(c2ccc3ccccc3c2)c2ccccc2-c2cc3ccccc3c3ccccc23)c1. The summed E-state index contributed by atoms with van der Waals surface area (Å²) in [5, 5.41) is 9.99. The summed E-state index contributed by atoms with van der Waals surface area (Å²) in [4.78, 5) is 2.43. The Morgan fingerprint density at radius 2 is 0.851 bits per heavy atom. The summed E-state index contributed by atoms with van der Waals surface area (Å²) in [6, 6.07) is 68.4. The molecule has 9 aromatic carbocycles. The molecule has 0 aliphatic heterocycles. The molecule has 0 bridgehead atoms. The minimum atomic E-state index is 1.11. The highest BCUT2D eigenvalue weighted by Crippen LogP contribution is 2.45. The van der Waals surface area contributed by atoms with Crippen molar-refractivity contribution in [2.24, 2.45) is 0 Å². The van der Waals surface area contributed by atoms with E-state index < -0.39 is 0 Å². The highest BCUT2D eigenvalue weighted by atomic mass is 15.1. The Hall–Kier alpha value is -6.18. The average Bonchev–Trinajstić information content (AvgIpc) is 3.15. The second-order valence-electron chi connectivity index (χ2n) is 12.2. The lowest BCUT2D eigenvalue weighted by molar-refractivity contribution is 1.29. The molecule has 0 heterocycles. The quantitative estimate of drug-likeness (QED) is 0.178. The van der Waals surface area contributed by atoms with Gasteiger partial charge in [0.25, 0.3) is 0 Å². The number of rotatable bonds is 5. The van der Waals surface area contributed by atoms with Gasteiger partial charge in [0.05, 0.1) is 5.69 Å². The standard InChI is InChI=1S/C46H31N/c1-3-14-34-28-37(25-24-32(34)12-1)36-17-11-18-39(30-36)47(40-27-26-33-13-2-4-15-35(33)29-40)46-23-10-9-22-44(46)45-31-38-16-5-6-19-41(38)42-20-7-8-21-43(42)45/h1-31H. The fourth-order valence-corrected chi connectivity index (χ4v) is 7.11. The van der Waals surface area contributed by atoms with Crippen molar-refractivity contribution in [2.75, 3.05) is 4.90 Å². The average molecular weight is 598 g/mol. The van der Waals surface area contributed by atoms with Crippen molar-refractivity contribution in [3.8, 4) is 22.3 Å². The maximum Gasteiger partial charge on any atom is 0.0540 e. The van der Waals surface area contributed by atoms with Gasteiger partial charge in [-0.3, -0.25) is 0 Å². The molecule has 1 heteroatoms. The van der Waals surface area contributed by atoms with Crippen LogP contribution in [0.4, 0.5) is 17.1 Å². The van der Waals surface area contributed by atoms with Gasteiger partial charge in [-0.25, -0.2) is 0 Å². The van der Waals surface area contributed by atoms with E-state index in [1.807, 2.05) is 0 Å². The minimum absolute atomic E-state index is 1.11. The van der Waals surface area contributed by atoms with Gasteiger partial charge < -0.3 is 4.90 Å². The molecule has 0 fully saturated rings. The Morgan fingerprint density at radius 3 is 1.66 bits per heavy atom. The molecule has 0 saturated heterocycles. The molecule has 0 amide bonds. The van der Waals surface area contributed by atoms with E-state index in [1.165, 1.54) is 65.3 Å². The third-order valence-corrected chi connectivity index (χ3v) is 9.38. The van der Waals surface area contributed by atoms with Crippen molar-refractivity contribution in [3.05, 3.63) is 188 Å². The van der Waals surface area contributed by atoms with Gasteiger partial charge in [0.2, 0.25) is 0 Å². The van der Waals surface area contributed by atoms with Crippen molar-refractivity contribution in [3.63, 3.8) is 0 Å². The first-order valence-electron chi connectivity index (χ1n) is 16.2. The third-order valence-electron chi connectivity index (χ3n) is 9.38. The topological polar surface area (TPSA) is 3.24 Å². The second-order valence-corrected chi connectivity index (χ2v) is 12.2. The highest BCUT2D eigenvalue weighted by molar-refractivity contribution is 6.15. The fraction of sp³-hybridized carbons (Fsp3) is 0. The van der Waals surface area contributed by atoms with E-state index in [2.05, 4.69) is 193 Å². The van der Waals surface area contributed by atoms with Crippen LogP contribution in [-0.2, 0) is 0 Å². The predicted octanol–water partition coefficient (Wildman–Crippen LogP) is 13.1. The van der Waals surface area contributed by atoms with Crippen LogP contribution in [0, 0.1) is 0 Å². The van der Waals surface area contributed by atoms with E-state index in [0.717, 1.165) is 17.1 Å². The van der Waals surface area contributed by atoms with Crippen LogP contribution in [0.5, 0.6) is 0 Å². The summed E-state index contributed by atoms with van der Waals surface area (Å²) in [7, 11) is 0. The number of benzene rings is 9. The summed E-state index contributed by atoms with van der Waals surface area (Å²) >= 11 is 0. The van der Waals surface area contributed by atoms with Crippen molar-refractivity contribution in [1.82, 2.24) is 0 Å². The largest absolute Gasteiger partial charge is 0.310 e. The smallest absolute Gasteiger partial charge is 0.0540 e. The van der Waals surface area contributed by atoms with E-state index in [1.54, 1.807) is 0 Å². The molecule has 0 aromatic heterocycles.